The lowest BCUT2D eigenvalue weighted by Crippen LogP contribution is -2.10. The molecule has 6 heteroatoms. The Bertz CT molecular complexity index is 620. The standard InChI is InChI=1S/C15H17F2N3O/c1-18-14-11(16)9-12(17)15(20-14)19-8-7-10-5-3-4-6-13(10)21-2/h3-6,9H,7-8H2,1-2H3,(H2,18,19,20). The maximum Gasteiger partial charge on any atom is 0.168 e. The predicted octanol–water partition coefficient (Wildman–Crippen LogP) is 3.06. The molecule has 0 amide bonds. The van der Waals surface area contributed by atoms with Gasteiger partial charge in [-0.15, -0.1) is 0 Å². The Morgan fingerprint density at radius 1 is 1.14 bits per heavy atom. The van der Waals surface area contributed by atoms with E-state index in [4.69, 9.17) is 4.74 Å². The van der Waals surface area contributed by atoms with Crippen LogP contribution in [0.3, 0.4) is 0 Å². The molecular weight excluding hydrogens is 276 g/mol. The molecule has 21 heavy (non-hydrogen) atoms. The number of benzene rings is 1. The van der Waals surface area contributed by atoms with Gasteiger partial charge in [0.05, 0.1) is 7.11 Å². The first kappa shape index (κ1) is 15.0. The van der Waals surface area contributed by atoms with Crippen LogP contribution in [0.15, 0.2) is 30.3 Å². The van der Waals surface area contributed by atoms with Gasteiger partial charge in [-0.1, -0.05) is 18.2 Å². The van der Waals surface area contributed by atoms with Crippen LogP contribution in [-0.2, 0) is 6.42 Å². The van der Waals surface area contributed by atoms with Crippen molar-refractivity contribution in [1.29, 1.82) is 0 Å². The van der Waals surface area contributed by atoms with Crippen LogP contribution >= 0.6 is 0 Å². The number of hydrogen-bond acceptors (Lipinski definition) is 4. The van der Waals surface area contributed by atoms with Crippen LogP contribution < -0.4 is 15.4 Å². The molecule has 0 atom stereocenters. The third-order valence-electron chi connectivity index (χ3n) is 3.05. The summed E-state index contributed by atoms with van der Waals surface area (Å²) in [7, 11) is 3.13. The summed E-state index contributed by atoms with van der Waals surface area (Å²) in [6.07, 6.45) is 0.636. The number of nitrogens with zero attached hydrogens (tertiary/aromatic N) is 1. The lowest BCUT2D eigenvalue weighted by Gasteiger charge is -2.11. The second-order valence-electron chi connectivity index (χ2n) is 4.39. The number of nitrogens with one attached hydrogen (secondary N) is 2. The van der Waals surface area contributed by atoms with Gasteiger partial charge in [0, 0.05) is 19.7 Å². The summed E-state index contributed by atoms with van der Waals surface area (Å²) in [4.78, 5) is 3.86. The minimum Gasteiger partial charge on any atom is -0.496 e. The van der Waals surface area contributed by atoms with E-state index in [1.807, 2.05) is 24.3 Å². The quantitative estimate of drug-likeness (QED) is 0.859. The van der Waals surface area contributed by atoms with E-state index in [-0.39, 0.29) is 11.6 Å². The van der Waals surface area contributed by atoms with E-state index in [0.717, 1.165) is 17.4 Å². The van der Waals surface area contributed by atoms with E-state index in [1.165, 1.54) is 7.05 Å². The van der Waals surface area contributed by atoms with Gasteiger partial charge in [-0.3, -0.25) is 0 Å². The van der Waals surface area contributed by atoms with E-state index in [9.17, 15) is 8.78 Å². The molecule has 2 rings (SSSR count). The molecule has 0 aliphatic heterocycles. The molecule has 2 N–H and O–H groups in total. The average molecular weight is 293 g/mol. The third kappa shape index (κ3) is 3.59. The first-order valence-electron chi connectivity index (χ1n) is 6.55. The summed E-state index contributed by atoms with van der Waals surface area (Å²) >= 11 is 0. The van der Waals surface area contributed by atoms with Crippen LogP contribution in [0.25, 0.3) is 0 Å². The van der Waals surface area contributed by atoms with E-state index < -0.39 is 11.6 Å². The first-order chi connectivity index (χ1) is 10.2. The summed E-state index contributed by atoms with van der Waals surface area (Å²) in [6.45, 7) is 0.457. The predicted molar refractivity (Wildman–Crippen MR) is 78.9 cm³/mol. The highest BCUT2D eigenvalue weighted by atomic mass is 19.1. The molecule has 0 saturated heterocycles. The van der Waals surface area contributed by atoms with Crippen LogP contribution in [0.1, 0.15) is 5.56 Å². The molecule has 0 aliphatic rings. The average Bonchev–Trinajstić information content (AvgIpc) is 2.50. The Morgan fingerprint density at radius 2 is 1.86 bits per heavy atom. The van der Waals surface area contributed by atoms with Gasteiger partial charge in [-0.25, -0.2) is 13.8 Å². The first-order valence-corrected chi connectivity index (χ1v) is 6.55. The van der Waals surface area contributed by atoms with Crippen molar-refractivity contribution in [2.45, 2.75) is 6.42 Å². The lowest BCUT2D eigenvalue weighted by molar-refractivity contribution is 0.410. The Balaban J connectivity index is 2.03. The molecule has 112 valence electrons. The second kappa shape index (κ2) is 6.88. The Hall–Kier alpha value is -2.37. The van der Waals surface area contributed by atoms with Gasteiger partial charge in [0.25, 0.3) is 0 Å². The van der Waals surface area contributed by atoms with Gasteiger partial charge < -0.3 is 15.4 Å². The molecule has 2 aromatic rings. The number of aromatic nitrogens is 1. The summed E-state index contributed by atoms with van der Waals surface area (Å²) in [5.74, 6) is -0.619. The number of halogens is 2. The summed E-state index contributed by atoms with van der Waals surface area (Å²) in [6, 6.07) is 8.41. The number of para-hydroxylation sites is 1. The molecule has 0 radical (unpaired) electrons. The van der Waals surface area contributed by atoms with Gasteiger partial charge in [0.2, 0.25) is 0 Å². The molecule has 1 aromatic carbocycles. The van der Waals surface area contributed by atoms with Crippen molar-refractivity contribution in [3.63, 3.8) is 0 Å². The Labute approximate surface area is 122 Å². The van der Waals surface area contributed by atoms with Crippen molar-refractivity contribution in [3.05, 3.63) is 47.5 Å². The summed E-state index contributed by atoms with van der Waals surface area (Å²) in [5.41, 5.74) is 1.00. The number of rotatable bonds is 6. The topological polar surface area (TPSA) is 46.2 Å². The molecule has 0 spiro atoms. The Morgan fingerprint density at radius 3 is 2.57 bits per heavy atom. The number of methoxy groups -OCH3 is 1. The van der Waals surface area contributed by atoms with Crippen LogP contribution in [0.2, 0.25) is 0 Å². The normalized spacial score (nSPS) is 10.3. The number of hydrogen-bond donors (Lipinski definition) is 2. The maximum absolute atomic E-state index is 13.6. The van der Waals surface area contributed by atoms with Gasteiger partial charge in [-0.2, -0.15) is 0 Å². The van der Waals surface area contributed by atoms with Crippen LogP contribution in [0, 0.1) is 11.6 Å². The van der Waals surface area contributed by atoms with E-state index >= 15 is 0 Å². The molecule has 4 nitrogen and oxygen atoms in total. The minimum absolute atomic E-state index is 0.0104. The fourth-order valence-electron chi connectivity index (χ4n) is 1.99. The SMILES string of the molecule is CNc1nc(NCCc2ccccc2OC)c(F)cc1F. The van der Waals surface area contributed by atoms with Crippen LogP contribution in [0.4, 0.5) is 20.4 Å². The molecule has 0 fully saturated rings. The lowest BCUT2D eigenvalue weighted by atomic mass is 10.1. The van der Waals surface area contributed by atoms with Crippen LogP contribution in [0.5, 0.6) is 5.75 Å². The van der Waals surface area contributed by atoms with Crippen molar-refractivity contribution in [3.8, 4) is 5.75 Å². The molecule has 0 unspecified atom stereocenters. The van der Waals surface area contributed by atoms with Crippen molar-refractivity contribution >= 4 is 11.6 Å². The summed E-state index contributed by atoms with van der Waals surface area (Å²) < 4.78 is 32.2. The van der Waals surface area contributed by atoms with Gasteiger partial charge in [0.1, 0.15) is 5.75 Å². The highest BCUT2D eigenvalue weighted by Crippen LogP contribution is 2.20. The van der Waals surface area contributed by atoms with Crippen LogP contribution in [-0.4, -0.2) is 25.7 Å². The largest absolute Gasteiger partial charge is 0.496 e. The van der Waals surface area contributed by atoms with Crippen molar-refractivity contribution in [2.75, 3.05) is 31.3 Å². The monoisotopic (exact) mass is 293 g/mol. The maximum atomic E-state index is 13.6. The highest BCUT2D eigenvalue weighted by molar-refractivity contribution is 5.47. The van der Waals surface area contributed by atoms with Crippen molar-refractivity contribution < 1.29 is 13.5 Å². The highest BCUT2D eigenvalue weighted by Gasteiger charge is 2.10. The van der Waals surface area contributed by atoms with Gasteiger partial charge >= 0.3 is 0 Å². The number of pyridine rings is 1. The van der Waals surface area contributed by atoms with Crippen molar-refractivity contribution in [1.82, 2.24) is 4.98 Å². The molecule has 0 bridgehead atoms. The second-order valence-corrected chi connectivity index (χ2v) is 4.39. The summed E-state index contributed by atoms with van der Waals surface area (Å²) in [5, 5.41) is 5.44. The molecule has 0 saturated carbocycles. The molecular formula is C15H17F2N3O. The van der Waals surface area contributed by atoms with E-state index in [0.29, 0.717) is 13.0 Å². The zero-order valence-corrected chi connectivity index (χ0v) is 11.9. The third-order valence-corrected chi connectivity index (χ3v) is 3.05. The number of anilines is 2. The zero-order valence-electron chi connectivity index (χ0n) is 11.9. The van der Waals surface area contributed by atoms with Gasteiger partial charge in [0.15, 0.2) is 23.3 Å². The van der Waals surface area contributed by atoms with E-state index in [1.54, 1.807) is 7.11 Å². The minimum atomic E-state index is -0.717. The van der Waals surface area contributed by atoms with Gasteiger partial charge in [-0.05, 0) is 18.1 Å². The smallest absolute Gasteiger partial charge is 0.168 e. The van der Waals surface area contributed by atoms with Crippen molar-refractivity contribution in [2.24, 2.45) is 0 Å². The van der Waals surface area contributed by atoms with E-state index in [2.05, 4.69) is 15.6 Å². The molecule has 1 aromatic heterocycles. The number of ether oxygens (including phenoxy) is 1. The molecule has 0 aliphatic carbocycles. The fourth-order valence-corrected chi connectivity index (χ4v) is 1.99. The molecule has 1 heterocycles. The fraction of sp³-hybridized carbons (Fsp3) is 0.267. The Kier molecular flexibility index (Phi) is 4.92. The zero-order chi connectivity index (χ0) is 15.2.